The second-order valence-electron chi connectivity index (χ2n) is 13.0. The molecular weight excluding hydrogens is 591 g/mol. The number of benzene rings is 6. The molecule has 1 aliphatic rings. The molecule has 47 heavy (non-hydrogen) atoms. The number of nitrogens with zero attached hydrogens (tertiary/aromatic N) is 3. The molecule has 222 valence electrons. The van der Waals surface area contributed by atoms with E-state index in [1.54, 1.807) is 0 Å². The van der Waals surface area contributed by atoms with Gasteiger partial charge in [0.25, 0.3) is 0 Å². The minimum absolute atomic E-state index is 0.192. The average Bonchev–Trinajstić information content (AvgIpc) is 3.74. The monoisotopic (exact) mass is 619 g/mol. The van der Waals surface area contributed by atoms with Crippen LogP contribution in [0.1, 0.15) is 25.0 Å². The van der Waals surface area contributed by atoms with Gasteiger partial charge in [-0.1, -0.05) is 123 Å². The molecule has 0 saturated heterocycles. The third-order valence-electron chi connectivity index (χ3n) is 10.0. The fourth-order valence-corrected chi connectivity index (χ4v) is 8.93. The van der Waals surface area contributed by atoms with Gasteiger partial charge in [0.1, 0.15) is 0 Å². The molecule has 0 saturated carbocycles. The molecule has 0 atom stereocenters. The zero-order valence-corrected chi connectivity index (χ0v) is 26.8. The Morgan fingerprint density at radius 2 is 1.23 bits per heavy atom. The van der Waals surface area contributed by atoms with Gasteiger partial charge in [-0.3, -0.25) is 4.57 Å². The average molecular weight is 620 g/mol. The van der Waals surface area contributed by atoms with E-state index in [2.05, 4.69) is 158 Å². The summed E-state index contributed by atoms with van der Waals surface area (Å²) in [5.41, 5.74) is 11.3. The van der Waals surface area contributed by atoms with E-state index in [-0.39, 0.29) is 5.41 Å². The Morgan fingerprint density at radius 3 is 2.11 bits per heavy atom. The van der Waals surface area contributed by atoms with Crippen molar-refractivity contribution < 1.29 is 0 Å². The summed E-state index contributed by atoms with van der Waals surface area (Å²) in [5, 5.41) is 4.98. The van der Waals surface area contributed by atoms with Gasteiger partial charge in [0.05, 0.1) is 22.4 Å². The van der Waals surface area contributed by atoms with Crippen molar-refractivity contribution in [1.29, 1.82) is 0 Å². The van der Waals surface area contributed by atoms with E-state index < -0.39 is 0 Å². The third-order valence-corrected chi connectivity index (χ3v) is 11.2. The van der Waals surface area contributed by atoms with Gasteiger partial charge in [-0.15, -0.1) is 11.3 Å². The minimum Gasteiger partial charge on any atom is -0.278 e. The molecule has 0 radical (unpaired) electrons. The van der Waals surface area contributed by atoms with Crippen LogP contribution in [-0.4, -0.2) is 14.5 Å². The van der Waals surface area contributed by atoms with E-state index >= 15 is 0 Å². The molecule has 0 aliphatic heterocycles. The van der Waals surface area contributed by atoms with E-state index in [0.717, 1.165) is 28.0 Å². The molecular formula is C43H29N3S. The summed E-state index contributed by atoms with van der Waals surface area (Å²) in [6, 6.07) is 50.2. The van der Waals surface area contributed by atoms with Crippen molar-refractivity contribution in [1.82, 2.24) is 14.5 Å². The zero-order valence-electron chi connectivity index (χ0n) is 26.0. The molecule has 3 nitrogen and oxygen atoms in total. The van der Waals surface area contributed by atoms with E-state index in [4.69, 9.17) is 9.97 Å². The van der Waals surface area contributed by atoms with Crippen molar-refractivity contribution >= 4 is 53.3 Å². The Hall–Kier alpha value is -5.58. The quantitative estimate of drug-likeness (QED) is 0.197. The number of fused-ring (bicyclic) bond motifs is 10. The summed E-state index contributed by atoms with van der Waals surface area (Å²) >= 11 is 1.84. The summed E-state index contributed by atoms with van der Waals surface area (Å²) in [6.45, 7) is 4.71. The molecule has 0 unspecified atom stereocenters. The van der Waals surface area contributed by atoms with Crippen LogP contribution in [0.5, 0.6) is 0 Å². The van der Waals surface area contributed by atoms with Crippen LogP contribution in [0.2, 0.25) is 0 Å². The molecule has 0 N–H and O–H groups in total. The first kappa shape index (κ1) is 26.6. The van der Waals surface area contributed by atoms with Gasteiger partial charge in [-0.05, 0) is 52.6 Å². The van der Waals surface area contributed by atoms with Crippen LogP contribution >= 0.6 is 11.3 Å². The van der Waals surface area contributed by atoms with E-state index in [1.165, 1.54) is 58.7 Å². The highest BCUT2D eigenvalue weighted by molar-refractivity contribution is 7.25. The van der Waals surface area contributed by atoms with Crippen LogP contribution in [-0.2, 0) is 5.41 Å². The fourth-order valence-electron chi connectivity index (χ4n) is 7.84. The van der Waals surface area contributed by atoms with Gasteiger partial charge in [0.2, 0.25) is 5.95 Å². The van der Waals surface area contributed by atoms with Crippen molar-refractivity contribution in [2.45, 2.75) is 19.3 Å². The van der Waals surface area contributed by atoms with Crippen molar-refractivity contribution in [3.8, 4) is 39.6 Å². The second kappa shape index (κ2) is 9.71. The number of hydrogen-bond donors (Lipinski definition) is 0. The van der Waals surface area contributed by atoms with Crippen LogP contribution < -0.4 is 0 Å². The minimum atomic E-state index is -0.192. The SMILES string of the molecule is CC1(C)c2ccccc2-c2ccc3c4ccccc4n(-c4nc(-c5ccccc5)cc(-c5ccc6sc7ccccc7c6c5)n4)c3c21. The smallest absolute Gasteiger partial charge is 0.235 e. The van der Waals surface area contributed by atoms with Gasteiger partial charge >= 0.3 is 0 Å². The maximum atomic E-state index is 5.42. The lowest BCUT2D eigenvalue weighted by atomic mass is 9.81. The number of rotatable bonds is 3. The highest BCUT2D eigenvalue weighted by Crippen LogP contribution is 2.52. The molecule has 0 amide bonds. The maximum Gasteiger partial charge on any atom is 0.235 e. The Morgan fingerprint density at radius 1 is 0.532 bits per heavy atom. The van der Waals surface area contributed by atoms with Gasteiger partial charge in [0.15, 0.2) is 0 Å². The summed E-state index contributed by atoms with van der Waals surface area (Å²) < 4.78 is 4.91. The van der Waals surface area contributed by atoms with Crippen molar-refractivity contribution in [3.05, 3.63) is 151 Å². The maximum absolute atomic E-state index is 5.42. The van der Waals surface area contributed by atoms with Crippen LogP contribution in [0, 0.1) is 0 Å². The van der Waals surface area contributed by atoms with E-state index in [1.807, 2.05) is 11.3 Å². The summed E-state index contributed by atoms with van der Waals surface area (Å²) in [7, 11) is 0. The van der Waals surface area contributed by atoms with Crippen molar-refractivity contribution in [2.24, 2.45) is 0 Å². The first-order valence-corrected chi connectivity index (χ1v) is 16.9. The molecule has 0 spiro atoms. The molecule has 3 aromatic heterocycles. The Balaban J connectivity index is 1.30. The summed E-state index contributed by atoms with van der Waals surface area (Å²) in [4.78, 5) is 10.8. The Labute approximate surface area is 276 Å². The van der Waals surface area contributed by atoms with Gasteiger partial charge in [-0.25, -0.2) is 9.97 Å². The first-order chi connectivity index (χ1) is 23.1. The predicted octanol–water partition coefficient (Wildman–Crippen LogP) is 11.6. The lowest BCUT2D eigenvalue weighted by Crippen LogP contribution is -2.17. The van der Waals surface area contributed by atoms with Crippen LogP contribution in [0.15, 0.2) is 140 Å². The Bertz CT molecular complexity index is 2710. The first-order valence-electron chi connectivity index (χ1n) is 16.1. The number of thiophene rings is 1. The summed E-state index contributed by atoms with van der Waals surface area (Å²) in [5.74, 6) is 0.683. The van der Waals surface area contributed by atoms with E-state index in [0.29, 0.717) is 5.95 Å². The normalized spacial score (nSPS) is 13.5. The molecule has 3 heterocycles. The fraction of sp³-hybridized carbons (Fsp3) is 0.0698. The van der Waals surface area contributed by atoms with Gasteiger partial charge < -0.3 is 0 Å². The van der Waals surface area contributed by atoms with Crippen LogP contribution in [0.25, 0.3) is 81.6 Å². The van der Waals surface area contributed by atoms with Crippen LogP contribution in [0.4, 0.5) is 0 Å². The molecule has 6 aromatic carbocycles. The molecule has 0 fully saturated rings. The van der Waals surface area contributed by atoms with Gasteiger partial charge in [-0.2, -0.15) is 0 Å². The van der Waals surface area contributed by atoms with E-state index in [9.17, 15) is 0 Å². The zero-order chi connectivity index (χ0) is 31.3. The standard InChI is InChI=1S/C43H29N3S/c1-43(2)34-17-9-6-14-28(34)31-21-22-32-29-15-7-10-18-37(29)46(41(32)40(31)43)42-44-35(26-12-4-3-5-13-26)25-36(45-42)27-20-23-39-33(24-27)30-16-8-11-19-38(30)47-39/h3-25H,1-2H3. The third kappa shape index (κ3) is 3.79. The molecule has 4 heteroatoms. The lowest BCUT2D eigenvalue weighted by Gasteiger charge is -2.23. The van der Waals surface area contributed by atoms with Crippen molar-refractivity contribution in [2.75, 3.05) is 0 Å². The highest BCUT2D eigenvalue weighted by Gasteiger charge is 2.38. The Kier molecular flexibility index (Phi) is 5.50. The molecule has 1 aliphatic carbocycles. The molecule has 0 bridgehead atoms. The van der Waals surface area contributed by atoms with Gasteiger partial charge in [0, 0.05) is 47.5 Å². The highest BCUT2D eigenvalue weighted by atomic mass is 32.1. The van der Waals surface area contributed by atoms with Crippen molar-refractivity contribution in [3.63, 3.8) is 0 Å². The second-order valence-corrected chi connectivity index (χ2v) is 14.1. The van der Waals surface area contributed by atoms with Crippen LogP contribution in [0.3, 0.4) is 0 Å². The lowest BCUT2D eigenvalue weighted by molar-refractivity contribution is 0.663. The number of aromatic nitrogens is 3. The molecule has 10 rings (SSSR count). The summed E-state index contributed by atoms with van der Waals surface area (Å²) in [6.07, 6.45) is 0. The topological polar surface area (TPSA) is 30.7 Å². The largest absolute Gasteiger partial charge is 0.278 e. The molecule has 9 aromatic rings. The number of para-hydroxylation sites is 1. The predicted molar refractivity (Wildman–Crippen MR) is 198 cm³/mol. The number of hydrogen-bond acceptors (Lipinski definition) is 3.